The van der Waals surface area contributed by atoms with Crippen LogP contribution in [0.2, 0.25) is 0 Å². The van der Waals surface area contributed by atoms with Crippen LogP contribution in [0.1, 0.15) is 351 Å². The molecule has 3 heterocycles. The Balaban J connectivity index is 0.000000175. The third-order valence-electron chi connectivity index (χ3n) is 33.8. The molecule has 12 bridgehead atoms. The minimum absolute atomic E-state index is 0.00287. The summed E-state index contributed by atoms with van der Waals surface area (Å²) in [6.07, 6.45) is 26.5. The maximum Gasteiger partial charge on any atom is 0.344 e. The largest absolute Gasteiger partial charge is 0.463 e. The van der Waals surface area contributed by atoms with Gasteiger partial charge in [-0.3, -0.25) is 38.4 Å². The minimum atomic E-state index is -0.569. The molecule has 28 heteroatoms. The first-order valence-corrected chi connectivity index (χ1v) is 49.0. The quantitative estimate of drug-likeness (QED) is 0.0439. The zero-order valence-corrected chi connectivity index (χ0v) is 81.5. The summed E-state index contributed by atoms with van der Waals surface area (Å²) in [5.74, 6) is -1.51. The van der Waals surface area contributed by atoms with Crippen molar-refractivity contribution in [3.63, 3.8) is 0 Å². The van der Waals surface area contributed by atoms with E-state index < -0.39 is 62.5 Å². The Morgan fingerprint density at radius 3 is 0.969 bits per heavy atom. The summed E-state index contributed by atoms with van der Waals surface area (Å²) in [6.45, 7) is 40.7. The topological polar surface area (TPSA) is 375 Å². The highest BCUT2D eigenvalue weighted by Crippen LogP contribution is 2.64. The molecule has 128 heavy (non-hydrogen) atoms. The van der Waals surface area contributed by atoms with Gasteiger partial charge in [-0.2, -0.15) is 0 Å². The summed E-state index contributed by atoms with van der Waals surface area (Å²) in [5, 5.41) is 21.5. The van der Waals surface area contributed by atoms with Crippen molar-refractivity contribution in [2.24, 2.45) is 102 Å². The van der Waals surface area contributed by atoms with Gasteiger partial charge in [0.1, 0.15) is 42.7 Å². The Labute approximate surface area is 761 Å². The Morgan fingerprint density at radius 1 is 0.383 bits per heavy atom. The molecule has 13 aliphatic carbocycles. The molecule has 16 rings (SSSR count). The predicted octanol–water partition coefficient (Wildman–Crippen LogP) is 16.4. The monoisotopic (exact) mass is 1810 g/mol. The zero-order chi connectivity index (χ0) is 94.8. The van der Waals surface area contributed by atoms with Gasteiger partial charge in [0.2, 0.25) is 0 Å². The van der Waals surface area contributed by atoms with Gasteiger partial charge in [0, 0.05) is 34.5 Å². The maximum absolute atomic E-state index is 12.1. The Morgan fingerprint density at radius 2 is 0.680 bits per heavy atom. The van der Waals surface area contributed by atoms with Gasteiger partial charge in [-0.1, -0.05) is 83.1 Å². The lowest BCUT2D eigenvalue weighted by atomic mass is 9.48. The smallest absolute Gasteiger partial charge is 0.344 e. The minimum Gasteiger partial charge on any atom is -0.463 e. The van der Waals surface area contributed by atoms with Gasteiger partial charge >= 0.3 is 71.6 Å². The highest BCUT2D eigenvalue weighted by atomic mass is 16.8. The van der Waals surface area contributed by atoms with Crippen molar-refractivity contribution < 1.29 is 134 Å². The van der Waals surface area contributed by atoms with E-state index in [-0.39, 0.29) is 174 Å². The second-order valence-electron chi connectivity index (χ2n) is 43.4. The first kappa shape index (κ1) is 105. The fourth-order valence-electron chi connectivity index (χ4n) is 23.4. The third-order valence-corrected chi connectivity index (χ3v) is 33.8. The molecule has 0 amide bonds. The van der Waals surface area contributed by atoms with E-state index in [1.54, 1.807) is 0 Å². The van der Waals surface area contributed by atoms with Crippen LogP contribution >= 0.6 is 0 Å². The SMILES string of the molecule is CCC(C)(CC)C(=O)OC1(C)CCCC1.CCC(C)(CC)C(=O)OCC(=O)OC1C2CC3C(=O)OC1C3C2.CCC(C)(CC)C(=O)OCC(=O)OC1C2CC3C(=O)OC1C3C2.CCC(C)(CC)C(=O)OCC(=O)OCC12CC3CC(CC(O)(C3)C1)C2.CCC(C)(CC)C(=O)OCC(=O)OCC12CC3CC(CC(O)(C3)C1)C2.CCC(C)(CC)C(=O)OCC1COC(C)(C)O1. The van der Waals surface area contributed by atoms with E-state index in [2.05, 4.69) is 20.8 Å². The first-order valence-electron chi connectivity index (χ1n) is 49.0. The molecule has 3 aliphatic heterocycles. The predicted molar refractivity (Wildman–Crippen MR) is 470 cm³/mol. The van der Waals surface area contributed by atoms with Gasteiger partial charge in [0.15, 0.2) is 32.2 Å². The maximum atomic E-state index is 12.1. The van der Waals surface area contributed by atoms with Gasteiger partial charge in [-0.25, -0.2) is 19.2 Å². The van der Waals surface area contributed by atoms with Gasteiger partial charge in [0.05, 0.1) is 75.3 Å². The number of ether oxygens (including phenoxy) is 14. The molecule has 15 atom stereocenters. The molecule has 15 unspecified atom stereocenters. The number of esters is 12. The molecule has 0 aromatic carbocycles. The molecule has 0 spiro atoms. The second kappa shape index (κ2) is 42.8. The fraction of sp³-hybridized carbons (Fsp3) is 0.880. The number of hydrogen-bond acceptors (Lipinski definition) is 28. The number of aliphatic hydroxyl groups is 2. The van der Waals surface area contributed by atoms with E-state index in [0.29, 0.717) is 94.9 Å². The van der Waals surface area contributed by atoms with Crippen molar-refractivity contribution in [3.8, 4) is 0 Å². The van der Waals surface area contributed by atoms with Gasteiger partial charge in [-0.15, -0.1) is 0 Å². The average Bonchev–Trinajstić information content (AvgIpc) is 1.61. The molecule has 28 nitrogen and oxygen atoms in total. The van der Waals surface area contributed by atoms with Crippen LogP contribution < -0.4 is 0 Å². The van der Waals surface area contributed by atoms with Crippen molar-refractivity contribution in [1.82, 2.24) is 0 Å². The van der Waals surface area contributed by atoms with Gasteiger partial charge in [-0.05, 0) is 291 Å². The van der Waals surface area contributed by atoms with Crippen LogP contribution in [0.5, 0.6) is 0 Å². The summed E-state index contributed by atoms with van der Waals surface area (Å²) in [4.78, 5) is 144. The molecule has 0 aromatic heterocycles. The van der Waals surface area contributed by atoms with E-state index in [9.17, 15) is 67.7 Å². The van der Waals surface area contributed by atoms with E-state index >= 15 is 0 Å². The van der Waals surface area contributed by atoms with E-state index in [1.165, 1.54) is 25.7 Å². The molecule has 0 aromatic rings. The van der Waals surface area contributed by atoms with E-state index in [1.807, 2.05) is 125 Å². The van der Waals surface area contributed by atoms with Gasteiger partial charge in [0.25, 0.3) is 0 Å². The van der Waals surface area contributed by atoms with Crippen molar-refractivity contribution in [3.05, 3.63) is 0 Å². The summed E-state index contributed by atoms with van der Waals surface area (Å²) >= 11 is 0. The number of rotatable bonds is 35. The highest BCUT2D eigenvalue weighted by Gasteiger charge is 2.66. The molecule has 13 saturated carbocycles. The summed E-state index contributed by atoms with van der Waals surface area (Å²) in [7, 11) is 0. The molecular weight excluding hydrogens is 1650 g/mol. The van der Waals surface area contributed by atoms with Crippen LogP contribution in [0.3, 0.4) is 0 Å². The zero-order valence-electron chi connectivity index (χ0n) is 81.5. The fourth-order valence-corrected chi connectivity index (χ4v) is 23.4. The number of fused-ring (bicyclic) bond motifs is 2. The molecule has 3 saturated heterocycles. The lowest BCUT2D eigenvalue weighted by molar-refractivity contribution is -0.189. The molecule has 16 fully saturated rings. The molecule has 16 aliphatic rings. The van der Waals surface area contributed by atoms with Crippen molar-refractivity contribution in [2.45, 2.75) is 404 Å². The Hall–Kier alpha value is -6.52. The highest BCUT2D eigenvalue weighted by molar-refractivity contribution is 5.84. The summed E-state index contributed by atoms with van der Waals surface area (Å²) < 4.78 is 75.2. The van der Waals surface area contributed by atoms with Crippen LogP contribution in [0, 0.1) is 102 Å². The first-order chi connectivity index (χ1) is 60.0. The lowest BCUT2D eigenvalue weighted by Crippen LogP contribution is -2.57. The van der Waals surface area contributed by atoms with Crippen LogP contribution in [0.15, 0.2) is 0 Å². The molecule has 0 radical (unpaired) electrons. The van der Waals surface area contributed by atoms with Crippen LogP contribution in [-0.2, 0) is 124 Å². The van der Waals surface area contributed by atoms with Crippen LogP contribution in [0.25, 0.3) is 0 Å². The normalized spacial score (nSPS) is 32.1. The lowest BCUT2D eigenvalue weighted by Gasteiger charge is -2.59. The van der Waals surface area contributed by atoms with Crippen molar-refractivity contribution >= 4 is 71.6 Å². The second-order valence-corrected chi connectivity index (χ2v) is 43.4. The Bertz CT molecular complexity index is 3630. The van der Waals surface area contributed by atoms with Crippen molar-refractivity contribution in [2.75, 3.05) is 52.9 Å². The molecule has 728 valence electrons. The Kier molecular flexibility index (Phi) is 35.2. The van der Waals surface area contributed by atoms with Gasteiger partial charge < -0.3 is 76.5 Å². The number of carbonyl (C=O) groups is 12. The standard InChI is InChI=1S/2C20H32O5.2C17H24O6.C13H24O4.C13H24O2/c2*1-4-18(3,5-2)17(22)24-11-16(21)25-13-19-7-14-6-15(8-19)10-20(23,9-14)12-19;2*1-4-17(3,5-2)16(20)21-8-12(18)22-13-9-6-10-11(7-9)15(19)23-14(10)13;1-6-13(5,7-2)11(14)15-8-10-9-16-12(3,4)17-10;1-5-12(3,6-2)11(14)15-13(4)9-7-8-10-13/h2*14-15,23H,4-13H2,1-3H3;2*9-11,13-14H,4-8H2,1-3H3;10H,6-9H2,1-5H3;5-10H2,1-4H3. The molecule has 2 N–H and O–H groups in total. The van der Waals surface area contributed by atoms with Crippen LogP contribution in [-0.4, -0.2) is 188 Å². The van der Waals surface area contributed by atoms with E-state index in [0.717, 1.165) is 128 Å². The molecular formula is C100H160O28. The number of hydrogen-bond donors (Lipinski definition) is 2. The summed E-state index contributed by atoms with van der Waals surface area (Å²) in [6, 6.07) is 0. The van der Waals surface area contributed by atoms with E-state index in [4.69, 9.17) is 66.3 Å². The summed E-state index contributed by atoms with van der Waals surface area (Å²) in [5.41, 5.74) is -4.29. The van der Waals surface area contributed by atoms with Crippen molar-refractivity contribution in [1.29, 1.82) is 0 Å². The van der Waals surface area contributed by atoms with Crippen LogP contribution in [0.4, 0.5) is 0 Å². The number of carbonyl (C=O) groups excluding carboxylic acids is 12. The average molecular weight is 1810 g/mol. The third kappa shape index (κ3) is 24.9.